The minimum absolute atomic E-state index is 0.338. The largest absolute Gasteiger partial charge is 0.314 e. The fourth-order valence-corrected chi connectivity index (χ4v) is 2.08. The van der Waals surface area contributed by atoms with Gasteiger partial charge in [-0.15, -0.1) is 0 Å². The highest BCUT2D eigenvalue weighted by molar-refractivity contribution is 7.07. The lowest BCUT2D eigenvalue weighted by Gasteiger charge is -2.01. The summed E-state index contributed by atoms with van der Waals surface area (Å²) in [7, 11) is 0. The fourth-order valence-electron chi connectivity index (χ4n) is 1.26. The van der Waals surface area contributed by atoms with E-state index in [4.69, 9.17) is 11.6 Å². The van der Waals surface area contributed by atoms with Crippen LogP contribution in [0.3, 0.4) is 0 Å². The van der Waals surface area contributed by atoms with Crippen LogP contribution in [0.25, 0.3) is 0 Å². The molecular formula is C9H7ClN4O2S. The Balaban J connectivity index is 2.28. The molecule has 0 N–H and O–H groups in total. The van der Waals surface area contributed by atoms with Crippen LogP contribution in [0.1, 0.15) is 5.56 Å². The Bertz CT molecular complexity index is 590. The Morgan fingerprint density at radius 1 is 1.59 bits per heavy atom. The Kier molecular flexibility index (Phi) is 3.50. The maximum atomic E-state index is 10.3. The van der Waals surface area contributed by atoms with E-state index in [0.29, 0.717) is 16.5 Å². The van der Waals surface area contributed by atoms with Gasteiger partial charge in [0, 0.05) is 17.8 Å². The highest BCUT2D eigenvalue weighted by atomic mass is 35.5. The minimum atomic E-state index is -0.706. The molecule has 8 heteroatoms. The van der Waals surface area contributed by atoms with E-state index in [1.807, 2.05) is 6.07 Å². The maximum Gasteiger partial charge on any atom is 0.262 e. The summed E-state index contributed by atoms with van der Waals surface area (Å²) >= 11 is 6.88. The normalized spacial score (nSPS) is 11.7. The van der Waals surface area contributed by atoms with Crippen molar-refractivity contribution in [2.45, 2.75) is 6.54 Å². The molecule has 17 heavy (non-hydrogen) atoms. The second kappa shape index (κ2) is 5.07. The third-order valence-corrected chi connectivity index (χ3v) is 2.98. The van der Waals surface area contributed by atoms with Crippen LogP contribution in [0.2, 0.25) is 5.15 Å². The van der Waals surface area contributed by atoms with E-state index in [1.165, 1.54) is 11.3 Å². The van der Waals surface area contributed by atoms with E-state index in [2.05, 4.69) is 10.1 Å². The number of hydrogen-bond donors (Lipinski definition) is 0. The first kappa shape index (κ1) is 11.7. The molecule has 0 radical (unpaired) electrons. The topological polar surface area (TPSA) is 73.3 Å². The molecule has 0 saturated heterocycles. The van der Waals surface area contributed by atoms with Crippen molar-refractivity contribution in [3.05, 3.63) is 55.5 Å². The van der Waals surface area contributed by atoms with Crippen LogP contribution in [0.5, 0.6) is 0 Å². The Morgan fingerprint density at radius 3 is 3.06 bits per heavy atom. The molecule has 0 amide bonds. The molecule has 2 heterocycles. The van der Waals surface area contributed by atoms with Crippen molar-refractivity contribution in [2.24, 2.45) is 5.10 Å². The number of aromatic nitrogens is 2. The first-order valence-corrected chi connectivity index (χ1v) is 5.84. The van der Waals surface area contributed by atoms with Crippen molar-refractivity contribution in [2.75, 3.05) is 0 Å². The highest BCUT2D eigenvalue weighted by Crippen LogP contribution is 2.06. The zero-order valence-corrected chi connectivity index (χ0v) is 10.1. The minimum Gasteiger partial charge on any atom is -0.314 e. The van der Waals surface area contributed by atoms with Crippen molar-refractivity contribution in [1.29, 1.82) is 0 Å². The van der Waals surface area contributed by atoms with Gasteiger partial charge in [0.15, 0.2) is 5.03 Å². The molecule has 0 aromatic carbocycles. The molecule has 0 atom stereocenters. The molecule has 0 aliphatic carbocycles. The van der Waals surface area contributed by atoms with Crippen molar-refractivity contribution in [1.82, 2.24) is 9.55 Å². The lowest BCUT2D eigenvalue weighted by molar-refractivity contribution is -0.490. The van der Waals surface area contributed by atoms with Crippen LogP contribution in [0.4, 0.5) is 0 Å². The Labute approximate surface area is 105 Å². The standard InChI is InChI=1S/C9H7ClN4O2S/c10-8-2-1-7(5-11-8)6-13-3-4-17-9(13)12-14(15)16/h1-5H,6H2. The molecule has 0 saturated carbocycles. The molecule has 2 aromatic rings. The molecular weight excluding hydrogens is 264 g/mol. The number of rotatable bonds is 3. The van der Waals surface area contributed by atoms with Gasteiger partial charge >= 0.3 is 0 Å². The van der Waals surface area contributed by atoms with Crippen molar-refractivity contribution < 1.29 is 5.03 Å². The van der Waals surface area contributed by atoms with E-state index >= 15 is 0 Å². The monoisotopic (exact) mass is 270 g/mol. The van der Waals surface area contributed by atoms with Crippen LogP contribution in [0.15, 0.2) is 35.0 Å². The van der Waals surface area contributed by atoms with E-state index in [9.17, 15) is 10.1 Å². The second-order valence-corrected chi connectivity index (χ2v) is 4.40. The molecule has 0 bridgehead atoms. The first-order valence-electron chi connectivity index (χ1n) is 4.58. The van der Waals surface area contributed by atoms with Gasteiger partial charge in [0.25, 0.3) is 4.80 Å². The number of thiazole rings is 1. The average molecular weight is 271 g/mol. The zero-order chi connectivity index (χ0) is 12.3. The summed E-state index contributed by atoms with van der Waals surface area (Å²) in [5, 5.41) is 15.1. The molecule has 88 valence electrons. The highest BCUT2D eigenvalue weighted by Gasteiger charge is 2.01. The van der Waals surface area contributed by atoms with E-state index in [0.717, 1.165) is 5.56 Å². The Morgan fingerprint density at radius 2 is 2.41 bits per heavy atom. The molecule has 2 rings (SSSR count). The van der Waals surface area contributed by atoms with Gasteiger partial charge in [0.2, 0.25) is 0 Å². The van der Waals surface area contributed by atoms with Crippen LogP contribution >= 0.6 is 22.9 Å². The second-order valence-electron chi connectivity index (χ2n) is 3.14. The third-order valence-electron chi connectivity index (χ3n) is 1.97. The first-order chi connectivity index (χ1) is 8.15. The number of hydrogen-bond acceptors (Lipinski definition) is 4. The summed E-state index contributed by atoms with van der Waals surface area (Å²) in [6, 6.07) is 3.49. The summed E-state index contributed by atoms with van der Waals surface area (Å²) in [6.07, 6.45) is 3.37. The maximum absolute atomic E-state index is 10.3. The van der Waals surface area contributed by atoms with Gasteiger partial charge in [0.05, 0.1) is 11.6 Å². The molecule has 0 aliphatic heterocycles. The smallest absolute Gasteiger partial charge is 0.262 e. The van der Waals surface area contributed by atoms with Crippen LogP contribution < -0.4 is 4.80 Å². The Hall–Kier alpha value is -1.73. The predicted octanol–water partition coefficient (Wildman–Crippen LogP) is 1.74. The number of pyridine rings is 1. The summed E-state index contributed by atoms with van der Waals surface area (Å²) in [5.74, 6) is 0. The lowest BCUT2D eigenvalue weighted by Crippen LogP contribution is -2.16. The van der Waals surface area contributed by atoms with Gasteiger partial charge in [-0.2, -0.15) is 0 Å². The quantitative estimate of drug-likeness (QED) is 0.484. The van der Waals surface area contributed by atoms with Gasteiger partial charge in [-0.3, -0.25) is 0 Å². The van der Waals surface area contributed by atoms with Gasteiger partial charge < -0.3 is 4.57 Å². The number of nitrogens with zero attached hydrogens (tertiary/aromatic N) is 4. The van der Waals surface area contributed by atoms with E-state index in [-0.39, 0.29) is 0 Å². The van der Waals surface area contributed by atoms with Crippen molar-refractivity contribution in [3.63, 3.8) is 0 Å². The van der Waals surface area contributed by atoms with Gasteiger partial charge in [-0.25, -0.2) is 15.1 Å². The molecule has 0 fully saturated rings. The van der Waals surface area contributed by atoms with E-state index < -0.39 is 5.03 Å². The number of halogens is 1. The van der Waals surface area contributed by atoms with Crippen molar-refractivity contribution in [3.8, 4) is 0 Å². The summed E-state index contributed by atoms with van der Waals surface area (Å²) in [4.78, 5) is 14.6. The lowest BCUT2D eigenvalue weighted by atomic mass is 10.3. The predicted molar refractivity (Wildman–Crippen MR) is 63.2 cm³/mol. The zero-order valence-electron chi connectivity index (χ0n) is 8.49. The molecule has 6 nitrogen and oxygen atoms in total. The van der Waals surface area contributed by atoms with Crippen LogP contribution in [0, 0.1) is 10.1 Å². The SMILES string of the molecule is O=[N+]([O-])N=c1sccn1Cc1ccc(Cl)nc1. The number of nitro groups is 1. The van der Waals surface area contributed by atoms with Gasteiger partial charge in [-0.05, 0) is 11.6 Å². The van der Waals surface area contributed by atoms with Crippen LogP contribution in [-0.2, 0) is 6.54 Å². The average Bonchev–Trinajstić information content (AvgIpc) is 2.68. The van der Waals surface area contributed by atoms with Gasteiger partial charge in [-0.1, -0.05) is 29.0 Å². The third kappa shape index (κ3) is 3.11. The molecule has 0 unspecified atom stereocenters. The summed E-state index contributed by atoms with van der Waals surface area (Å²) in [6.45, 7) is 0.473. The van der Waals surface area contributed by atoms with Crippen LogP contribution in [-0.4, -0.2) is 14.6 Å². The summed E-state index contributed by atoms with van der Waals surface area (Å²) in [5.41, 5.74) is 0.901. The fraction of sp³-hybridized carbons (Fsp3) is 0.111. The molecule has 2 aromatic heterocycles. The van der Waals surface area contributed by atoms with E-state index in [1.54, 1.807) is 28.4 Å². The summed E-state index contributed by atoms with van der Waals surface area (Å²) < 4.78 is 1.68. The van der Waals surface area contributed by atoms with Gasteiger partial charge in [0.1, 0.15) is 5.15 Å². The molecule has 0 aliphatic rings. The van der Waals surface area contributed by atoms with Crippen molar-refractivity contribution >= 4 is 22.9 Å². The molecule has 0 spiro atoms.